The van der Waals surface area contributed by atoms with Crippen LogP contribution in [0.4, 0.5) is 5.69 Å². The van der Waals surface area contributed by atoms with Crippen LogP contribution in [0.25, 0.3) is 0 Å². The molecule has 5 nitrogen and oxygen atoms in total. The zero-order valence-electron chi connectivity index (χ0n) is 10.8. The van der Waals surface area contributed by atoms with E-state index in [2.05, 4.69) is 21.8 Å². The molecule has 0 aliphatic heterocycles. The Kier molecular flexibility index (Phi) is 4.16. The Morgan fingerprint density at radius 1 is 1.50 bits per heavy atom. The third kappa shape index (κ3) is 2.63. The maximum absolute atomic E-state index is 12.1. The second-order valence-electron chi connectivity index (χ2n) is 4.75. The number of hydrogen-bond acceptors (Lipinski definition) is 4. The molecule has 1 aliphatic rings. The van der Waals surface area contributed by atoms with E-state index in [1.165, 1.54) is 19.3 Å². The first-order valence-electron chi connectivity index (χ1n) is 6.27. The number of nitrogens with one attached hydrogen (secondary N) is 2. The fourth-order valence-corrected chi connectivity index (χ4v) is 3.33. The number of rotatable bonds is 3. The largest absolute Gasteiger partial charge is 0.395 e. The zero-order chi connectivity index (χ0) is 13.1. The first-order chi connectivity index (χ1) is 8.63. The number of carbonyl (C=O) groups is 1. The lowest BCUT2D eigenvalue weighted by molar-refractivity contribution is 0.0925. The van der Waals surface area contributed by atoms with Gasteiger partial charge in [-0.15, -0.1) is 0 Å². The van der Waals surface area contributed by atoms with Crippen molar-refractivity contribution in [1.82, 2.24) is 15.5 Å². The summed E-state index contributed by atoms with van der Waals surface area (Å²) >= 11 is 1.83. The highest BCUT2D eigenvalue weighted by Crippen LogP contribution is 2.27. The zero-order valence-corrected chi connectivity index (χ0v) is 11.6. The number of H-pyrrole nitrogens is 1. The number of thioether (sulfide) groups is 1. The van der Waals surface area contributed by atoms with Gasteiger partial charge in [-0.3, -0.25) is 9.89 Å². The van der Waals surface area contributed by atoms with E-state index in [-0.39, 0.29) is 11.9 Å². The molecule has 0 spiro atoms. The molecule has 1 amide bonds. The molecule has 1 aromatic heterocycles. The van der Waals surface area contributed by atoms with Crippen molar-refractivity contribution in [3.8, 4) is 0 Å². The molecule has 1 heterocycles. The predicted molar refractivity (Wildman–Crippen MR) is 74.8 cm³/mol. The quantitative estimate of drug-likeness (QED) is 0.779. The Bertz CT molecular complexity index is 432. The van der Waals surface area contributed by atoms with E-state index < -0.39 is 0 Å². The minimum atomic E-state index is -0.164. The lowest BCUT2D eigenvalue weighted by atomic mass is 9.94. The lowest BCUT2D eigenvalue weighted by Crippen LogP contribution is -2.44. The van der Waals surface area contributed by atoms with Crippen molar-refractivity contribution in [2.45, 2.75) is 43.9 Å². The summed E-state index contributed by atoms with van der Waals surface area (Å²) < 4.78 is 0. The molecule has 1 saturated carbocycles. The molecule has 2 unspecified atom stereocenters. The van der Waals surface area contributed by atoms with Crippen molar-refractivity contribution in [2.24, 2.45) is 0 Å². The summed E-state index contributed by atoms with van der Waals surface area (Å²) in [6, 6.07) is 0.234. The summed E-state index contributed by atoms with van der Waals surface area (Å²) in [4.78, 5) is 12.1. The van der Waals surface area contributed by atoms with Gasteiger partial charge in [-0.05, 0) is 26.0 Å². The van der Waals surface area contributed by atoms with Gasteiger partial charge < -0.3 is 11.1 Å². The van der Waals surface area contributed by atoms with E-state index in [0.717, 1.165) is 12.1 Å². The number of nitrogen functional groups attached to an aromatic ring is 1. The summed E-state index contributed by atoms with van der Waals surface area (Å²) in [5.74, 6) is -0.164. The average molecular weight is 268 g/mol. The van der Waals surface area contributed by atoms with Gasteiger partial charge in [0.2, 0.25) is 0 Å². The smallest absolute Gasteiger partial charge is 0.274 e. The Morgan fingerprint density at radius 2 is 2.22 bits per heavy atom. The summed E-state index contributed by atoms with van der Waals surface area (Å²) in [5.41, 5.74) is 7.32. The van der Waals surface area contributed by atoms with Crippen LogP contribution in [0.15, 0.2) is 0 Å². The van der Waals surface area contributed by atoms with Gasteiger partial charge in [0.25, 0.3) is 5.91 Å². The second-order valence-corrected chi connectivity index (χ2v) is 5.83. The number of nitrogens with two attached hydrogens (primary N) is 1. The molecule has 2 rings (SSSR count). The van der Waals surface area contributed by atoms with E-state index in [9.17, 15) is 4.79 Å². The van der Waals surface area contributed by atoms with E-state index >= 15 is 0 Å². The summed E-state index contributed by atoms with van der Waals surface area (Å²) in [5, 5.41) is 10.3. The second kappa shape index (κ2) is 5.65. The number of nitrogens with zero attached hydrogens (tertiary/aromatic N) is 1. The van der Waals surface area contributed by atoms with Crippen LogP contribution < -0.4 is 11.1 Å². The van der Waals surface area contributed by atoms with Gasteiger partial charge in [0.15, 0.2) is 5.69 Å². The molecule has 2 atom stereocenters. The fraction of sp³-hybridized carbons (Fsp3) is 0.667. The normalized spacial score (nSPS) is 23.9. The van der Waals surface area contributed by atoms with Crippen LogP contribution in [-0.4, -0.2) is 33.7 Å². The van der Waals surface area contributed by atoms with Gasteiger partial charge in [-0.25, -0.2) is 0 Å². The molecule has 0 aromatic carbocycles. The van der Waals surface area contributed by atoms with Crippen LogP contribution in [0, 0.1) is 6.92 Å². The van der Waals surface area contributed by atoms with Gasteiger partial charge in [0, 0.05) is 11.3 Å². The number of carbonyl (C=O) groups excluding carboxylic acids is 1. The molecule has 0 saturated heterocycles. The maximum Gasteiger partial charge on any atom is 0.274 e. The maximum atomic E-state index is 12.1. The van der Waals surface area contributed by atoms with Crippen molar-refractivity contribution in [1.29, 1.82) is 0 Å². The SMILES string of the molecule is CSC1CCCCC1NC(=O)c1n[nH]c(C)c1N. The summed E-state index contributed by atoms with van der Waals surface area (Å²) in [7, 11) is 0. The van der Waals surface area contributed by atoms with E-state index in [1.54, 1.807) is 0 Å². The monoisotopic (exact) mass is 268 g/mol. The van der Waals surface area contributed by atoms with Crippen LogP contribution in [0.3, 0.4) is 0 Å². The molecular weight excluding hydrogens is 248 g/mol. The number of aromatic nitrogens is 2. The molecular formula is C12H20N4OS. The van der Waals surface area contributed by atoms with Crippen LogP contribution in [0.1, 0.15) is 41.9 Å². The fourth-order valence-electron chi connectivity index (χ4n) is 2.39. The highest BCUT2D eigenvalue weighted by Gasteiger charge is 2.27. The molecule has 4 N–H and O–H groups in total. The molecule has 100 valence electrons. The first-order valence-corrected chi connectivity index (χ1v) is 7.56. The molecule has 1 aromatic rings. The predicted octanol–water partition coefficient (Wildman–Crippen LogP) is 1.70. The topological polar surface area (TPSA) is 83.8 Å². The van der Waals surface area contributed by atoms with Crippen LogP contribution in [0.2, 0.25) is 0 Å². The molecule has 0 radical (unpaired) electrons. The van der Waals surface area contributed by atoms with Gasteiger partial charge in [0.05, 0.1) is 11.4 Å². The molecule has 6 heteroatoms. The molecule has 18 heavy (non-hydrogen) atoms. The highest BCUT2D eigenvalue weighted by atomic mass is 32.2. The highest BCUT2D eigenvalue weighted by molar-refractivity contribution is 7.99. The van der Waals surface area contributed by atoms with Crippen molar-refractivity contribution in [2.75, 3.05) is 12.0 Å². The standard InChI is InChI=1S/C12H20N4OS/c1-7-10(13)11(16-15-7)12(17)14-8-5-3-4-6-9(8)18-2/h8-9H,3-6,13H2,1-2H3,(H,14,17)(H,15,16). The lowest BCUT2D eigenvalue weighted by Gasteiger charge is -2.30. The van der Waals surface area contributed by atoms with E-state index in [4.69, 9.17) is 5.73 Å². The Hall–Kier alpha value is -1.17. The number of aryl methyl sites for hydroxylation is 1. The Labute approximate surface area is 111 Å². The number of aromatic amines is 1. The number of hydrogen-bond donors (Lipinski definition) is 3. The number of anilines is 1. The minimum absolute atomic E-state index is 0.164. The summed E-state index contributed by atoms with van der Waals surface area (Å²) in [6.45, 7) is 1.81. The average Bonchev–Trinajstić information content (AvgIpc) is 2.71. The molecule has 1 fully saturated rings. The van der Waals surface area contributed by atoms with Gasteiger partial charge in [-0.2, -0.15) is 16.9 Å². The molecule has 1 aliphatic carbocycles. The Balaban J connectivity index is 2.04. The third-order valence-electron chi connectivity index (χ3n) is 3.53. The van der Waals surface area contributed by atoms with Crippen LogP contribution in [0.5, 0.6) is 0 Å². The minimum Gasteiger partial charge on any atom is -0.395 e. The third-order valence-corrected chi connectivity index (χ3v) is 4.70. The van der Waals surface area contributed by atoms with Crippen molar-refractivity contribution < 1.29 is 4.79 Å². The van der Waals surface area contributed by atoms with Crippen LogP contribution >= 0.6 is 11.8 Å². The van der Waals surface area contributed by atoms with Gasteiger partial charge in [0.1, 0.15) is 0 Å². The Morgan fingerprint density at radius 3 is 2.83 bits per heavy atom. The molecule has 0 bridgehead atoms. The van der Waals surface area contributed by atoms with Crippen molar-refractivity contribution in [3.05, 3.63) is 11.4 Å². The van der Waals surface area contributed by atoms with Crippen molar-refractivity contribution in [3.63, 3.8) is 0 Å². The van der Waals surface area contributed by atoms with E-state index in [1.807, 2.05) is 18.7 Å². The van der Waals surface area contributed by atoms with Gasteiger partial charge in [-0.1, -0.05) is 12.8 Å². The number of amides is 1. The van der Waals surface area contributed by atoms with Crippen molar-refractivity contribution >= 4 is 23.4 Å². The van der Waals surface area contributed by atoms with Gasteiger partial charge >= 0.3 is 0 Å². The van der Waals surface area contributed by atoms with E-state index in [0.29, 0.717) is 16.6 Å². The summed E-state index contributed by atoms with van der Waals surface area (Å²) in [6.07, 6.45) is 6.74. The van der Waals surface area contributed by atoms with Crippen LogP contribution in [-0.2, 0) is 0 Å². The first kappa shape index (κ1) is 13.3.